The van der Waals surface area contributed by atoms with Gasteiger partial charge in [-0.3, -0.25) is 0 Å². The fourth-order valence-electron chi connectivity index (χ4n) is 1.82. The molecule has 0 rings (SSSR count). The monoisotopic (exact) mass is 273 g/mol. The number of rotatable bonds is 13. The minimum absolute atomic E-state index is 1.04. The SMILES string of the molecule is [CH2]CCC/C=C\CC=CCC=CCC=CCCCCC. The Morgan fingerprint density at radius 1 is 0.600 bits per heavy atom. The van der Waals surface area contributed by atoms with Gasteiger partial charge in [-0.15, -0.1) is 0 Å². The average molecular weight is 273 g/mol. The van der Waals surface area contributed by atoms with Gasteiger partial charge in [-0.25, -0.2) is 0 Å². The van der Waals surface area contributed by atoms with E-state index in [4.69, 9.17) is 0 Å². The first-order chi connectivity index (χ1) is 9.91. The third kappa shape index (κ3) is 17.0. The molecule has 0 N–H and O–H groups in total. The lowest BCUT2D eigenvalue weighted by Gasteiger charge is -1.90. The van der Waals surface area contributed by atoms with Gasteiger partial charge in [0.25, 0.3) is 0 Å². The van der Waals surface area contributed by atoms with E-state index in [1.807, 2.05) is 0 Å². The van der Waals surface area contributed by atoms with Crippen molar-refractivity contribution in [2.24, 2.45) is 0 Å². The third-order valence-corrected chi connectivity index (χ3v) is 3.08. The molecule has 1 radical (unpaired) electrons. The van der Waals surface area contributed by atoms with E-state index in [0.717, 1.165) is 25.7 Å². The van der Waals surface area contributed by atoms with Crippen LogP contribution in [0.25, 0.3) is 0 Å². The van der Waals surface area contributed by atoms with Gasteiger partial charge >= 0.3 is 0 Å². The van der Waals surface area contributed by atoms with Crippen molar-refractivity contribution in [2.45, 2.75) is 71.1 Å². The number of unbranched alkanes of at least 4 members (excludes halogenated alkanes) is 5. The quantitative estimate of drug-likeness (QED) is 0.251. The summed E-state index contributed by atoms with van der Waals surface area (Å²) in [5.74, 6) is 0. The first-order valence-corrected chi connectivity index (χ1v) is 8.31. The molecule has 0 atom stereocenters. The molecular weight excluding hydrogens is 240 g/mol. The maximum Gasteiger partial charge on any atom is -0.0169 e. The minimum atomic E-state index is 1.04. The maximum atomic E-state index is 3.83. The molecule has 0 saturated heterocycles. The lowest BCUT2D eigenvalue weighted by atomic mass is 10.2. The second kappa shape index (κ2) is 18.0. The summed E-state index contributed by atoms with van der Waals surface area (Å²) in [5.41, 5.74) is 0. The first-order valence-electron chi connectivity index (χ1n) is 8.31. The highest BCUT2D eigenvalue weighted by Crippen LogP contribution is 2.01. The normalized spacial score (nSPS) is 12.7. The van der Waals surface area contributed by atoms with E-state index in [2.05, 4.69) is 62.5 Å². The van der Waals surface area contributed by atoms with E-state index in [1.165, 1.54) is 38.5 Å². The second-order valence-corrected chi connectivity index (χ2v) is 5.08. The second-order valence-electron chi connectivity index (χ2n) is 5.08. The average Bonchev–Trinajstić information content (AvgIpc) is 2.47. The molecule has 0 heterocycles. The van der Waals surface area contributed by atoms with Crippen molar-refractivity contribution in [3.63, 3.8) is 0 Å². The van der Waals surface area contributed by atoms with Crippen molar-refractivity contribution >= 4 is 0 Å². The highest BCUT2D eigenvalue weighted by Gasteiger charge is 1.80. The maximum absolute atomic E-state index is 3.83. The Balaban J connectivity index is 3.36. The molecule has 0 aromatic carbocycles. The van der Waals surface area contributed by atoms with E-state index < -0.39 is 0 Å². The molecule has 0 spiro atoms. The first kappa shape index (κ1) is 19.0. The number of hydrogen-bond donors (Lipinski definition) is 0. The van der Waals surface area contributed by atoms with Crippen LogP contribution in [0.4, 0.5) is 0 Å². The molecule has 0 saturated carbocycles. The summed E-state index contributed by atoms with van der Waals surface area (Å²) in [6.07, 6.45) is 29.9. The zero-order chi connectivity index (χ0) is 14.7. The molecule has 0 aliphatic heterocycles. The van der Waals surface area contributed by atoms with Crippen LogP contribution in [0.2, 0.25) is 0 Å². The molecule has 0 aromatic rings. The Bertz CT molecular complexity index is 278. The van der Waals surface area contributed by atoms with Crippen molar-refractivity contribution in [1.29, 1.82) is 0 Å². The molecule has 0 aliphatic carbocycles. The van der Waals surface area contributed by atoms with Gasteiger partial charge in [-0.1, -0.05) is 81.7 Å². The predicted molar refractivity (Wildman–Crippen MR) is 93.8 cm³/mol. The molecule has 0 unspecified atom stereocenters. The summed E-state index contributed by atoms with van der Waals surface area (Å²) < 4.78 is 0. The standard InChI is InChI=1S/C20H33/c1-3-5-7-9-11-13-15-17-19-20-18-16-14-12-10-8-6-4-2/h9,11-12,14-15,17-18,20H,1,3-8,10,13,16,19H2,2H3/b11-9-,14-12?,17-15?,20-18?. The zero-order valence-electron chi connectivity index (χ0n) is 13.4. The minimum Gasteiger partial charge on any atom is -0.0882 e. The van der Waals surface area contributed by atoms with Crippen molar-refractivity contribution in [3.05, 3.63) is 55.5 Å². The van der Waals surface area contributed by atoms with Crippen molar-refractivity contribution in [3.8, 4) is 0 Å². The Morgan fingerprint density at radius 2 is 1.05 bits per heavy atom. The van der Waals surface area contributed by atoms with Crippen LogP contribution in [0.3, 0.4) is 0 Å². The molecule has 0 amide bonds. The van der Waals surface area contributed by atoms with E-state index >= 15 is 0 Å². The molecule has 0 fully saturated rings. The summed E-state index contributed by atoms with van der Waals surface area (Å²) in [5, 5.41) is 0. The number of allylic oxidation sites excluding steroid dienone is 8. The molecule has 20 heavy (non-hydrogen) atoms. The van der Waals surface area contributed by atoms with Crippen molar-refractivity contribution in [2.75, 3.05) is 0 Å². The van der Waals surface area contributed by atoms with Gasteiger partial charge in [-0.05, 0) is 44.9 Å². The van der Waals surface area contributed by atoms with Crippen LogP contribution >= 0.6 is 0 Å². The number of hydrogen-bond acceptors (Lipinski definition) is 0. The van der Waals surface area contributed by atoms with Gasteiger partial charge in [0.2, 0.25) is 0 Å². The fourth-order valence-corrected chi connectivity index (χ4v) is 1.82. The van der Waals surface area contributed by atoms with Crippen molar-refractivity contribution < 1.29 is 0 Å². The lowest BCUT2D eigenvalue weighted by Crippen LogP contribution is -1.70. The van der Waals surface area contributed by atoms with Crippen LogP contribution in [0.1, 0.15) is 71.1 Å². The third-order valence-electron chi connectivity index (χ3n) is 3.08. The van der Waals surface area contributed by atoms with Crippen molar-refractivity contribution in [1.82, 2.24) is 0 Å². The van der Waals surface area contributed by atoms with Crippen LogP contribution in [-0.2, 0) is 0 Å². The highest BCUT2D eigenvalue weighted by molar-refractivity contribution is 4.99. The van der Waals surface area contributed by atoms with Gasteiger partial charge in [0.05, 0.1) is 0 Å². The molecule has 0 heteroatoms. The van der Waals surface area contributed by atoms with E-state index in [9.17, 15) is 0 Å². The topological polar surface area (TPSA) is 0 Å². The van der Waals surface area contributed by atoms with Gasteiger partial charge in [0.1, 0.15) is 0 Å². The van der Waals surface area contributed by atoms with Crippen LogP contribution in [0.15, 0.2) is 48.6 Å². The summed E-state index contributed by atoms with van der Waals surface area (Å²) >= 11 is 0. The molecule has 0 nitrogen and oxygen atoms in total. The summed E-state index contributed by atoms with van der Waals surface area (Å²) in [6.45, 7) is 6.08. The molecule has 0 aromatic heterocycles. The Morgan fingerprint density at radius 3 is 1.50 bits per heavy atom. The van der Waals surface area contributed by atoms with Crippen LogP contribution in [0, 0.1) is 6.92 Å². The molecule has 113 valence electrons. The predicted octanol–water partition coefficient (Wildman–Crippen LogP) is 6.97. The van der Waals surface area contributed by atoms with Gasteiger partial charge in [0, 0.05) is 0 Å². The molecular formula is C20H33. The highest BCUT2D eigenvalue weighted by atomic mass is 13.9. The molecule has 0 bridgehead atoms. The fraction of sp³-hybridized carbons (Fsp3) is 0.550. The summed E-state index contributed by atoms with van der Waals surface area (Å²) in [7, 11) is 0. The smallest absolute Gasteiger partial charge is 0.0169 e. The lowest BCUT2D eigenvalue weighted by molar-refractivity contribution is 0.728. The van der Waals surface area contributed by atoms with Gasteiger partial charge in [-0.2, -0.15) is 0 Å². The summed E-state index contributed by atoms with van der Waals surface area (Å²) in [6, 6.07) is 0. The van der Waals surface area contributed by atoms with E-state index in [0.29, 0.717) is 0 Å². The van der Waals surface area contributed by atoms with E-state index in [1.54, 1.807) is 0 Å². The van der Waals surface area contributed by atoms with Gasteiger partial charge in [0.15, 0.2) is 0 Å². The Hall–Kier alpha value is -1.04. The van der Waals surface area contributed by atoms with Crippen LogP contribution < -0.4 is 0 Å². The van der Waals surface area contributed by atoms with Crippen LogP contribution in [-0.4, -0.2) is 0 Å². The van der Waals surface area contributed by atoms with Crippen LogP contribution in [0.5, 0.6) is 0 Å². The largest absolute Gasteiger partial charge is 0.0882 e. The molecule has 0 aliphatic rings. The van der Waals surface area contributed by atoms with E-state index in [-0.39, 0.29) is 0 Å². The zero-order valence-corrected chi connectivity index (χ0v) is 13.4. The van der Waals surface area contributed by atoms with Gasteiger partial charge < -0.3 is 0 Å². The summed E-state index contributed by atoms with van der Waals surface area (Å²) in [4.78, 5) is 0. The Labute approximate surface area is 127 Å². The Kier molecular flexibility index (Phi) is 17.0.